The number of nitrogens with zero attached hydrogens (tertiary/aromatic N) is 1. The Morgan fingerprint density at radius 1 is 0.926 bits per heavy atom. The molecule has 7 heteroatoms. The molecular formula is C20H12ClF3N2O. The second-order valence-electron chi connectivity index (χ2n) is 5.99. The molecule has 0 aliphatic rings. The molecule has 2 N–H and O–H groups in total. The van der Waals surface area contributed by atoms with Gasteiger partial charge in [0.1, 0.15) is 5.52 Å². The van der Waals surface area contributed by atoms with Gasteiger partial charge in [0.05, 0.1) is 16.3 Å². The zero-order valence-electron chi connectivity index (χ0n) is 13.7. The molecule has 1 heterocycles. The molecule has 3 nitrogen and oxygen atoms in total. The summed E-state index contributed by atoms with van der Waals surface area (Å²) >= 11 is 6.28. The molecule has 0 saturated carbocycles. The summed E-state index contributed by atoms with van der Waals surface area (Å²) in [5.41, 5.74) is 8.13. The Labute approximate surface area is 157 Å². The molecular weight excluding hydrogens is 377 g/mol. The van der Waals surface area contributed by atoms with E-state index in [1.807, 2.05) is 12.1 Å². The summed E-state index contributed by atoms with van der Waals surface area (Å²) in [7, 11) is 0. The number of benzene rings is 3. The van der Waals surface area contributed by atoms with Crippen molar-refractivity contribution in [3.05, 3.63) is 71.2 Å². The van der Waals surface area contributed by atoms with Crippen LogP contribution in [0.15, 0.2) is 65.1 Å². The minimum absolute atomic E-state index is 0.146. The van der Waals surface area contributed by atoms with Gasteiger partial charge >= 0.3 is 6.18 Å². The summed E-state index contributed by atoms with van der Waals surface area (Å²) in [6, 6.07) is 15.8. The fraction of sp³-hybridized carbons (Fsp3) is 0.0500. The van der Waals surface area contributed by atoms with Gasteiger partial charge in [-0.2, -0.15) is 13.2 Å². The quantitative estimate of drug-likeness (QED) is 0.403. The van der Waals surface area contributed by atoms with Gasteiger partial charge in [-0.3, -0.25) is 0 Å². The lowest BCUT2D eigenvalue weighted by Crippen LogP contribution is -2.03. The first kappa shape index (κ1) is 17.4. The molecule has 0 saturated heterocycles. The van der Waals surface area contributed by atoms with E-state index in [9.17, 15) is 13.2 Å². The lowest BCUT2D eigenvalue weighted by molar-refractivity contribution is -0.137. The number of hydrogen-bond donors (Lipinski definition) is 1. The number of halogens is 4. The van der Waals surface area contributed by atoms with Crippen LogP contribution in [0.5, 0.6) is 0 Å². The van der Waals surface area contributed by atoms with Crippen molar-refractivity contribution in [3.63, 3.8) is 0 Å². The fourth-order valence-electron chi connectivity index (χ4n) is 2.82. The smallest absolute Gasteiger partial charge is 0.416 e. The summed E-state index contributed by atoms with van der Waals surface area (Å²) in [5, 5.41) is 0.432. The third kappa shape index (κ3) is 3.24. The average Bonchev–Trinajstić information content (AvgIpc) is 3.07. The standard InChI is InChI=1S/C20H12ClF3N2O/c21-18-14(5-2-6-15(18)25)11-3-1-4-12(9-11)19-26-16-10-13(20(22,23)24)7-8-17(16)27-19/h1-10H,25H2. The number of alkyl halides is 3. The number of rotatable bonds is 2. The van der Waals surface area contributed by atoms with Crippen molar-refractivity contribution < 1.29 is 17.6 Å². The van der Waals surface area contributed by atoms with Crippen molar-refractivity contribution in [3.8, 4) is 22.6 Å². The van der Waals surface area contributed by atoms with Crippen LogP contribution in [-0.2, 0) is 6.18 Å². The zero-order valence-corrected chi connectivity index (χ0v) is 14.5. The Bertz CT molecular complexity index is 1150. The Balaban J connectivity index is 1.79. The van der Waals surface area contributed by atoms with E-state index in [0.29, 0.717) is 16.3 Å². The van der Waals surface area contributed by atoms with E-state index >= 15 is 0 Å². The van der Waals surface area contributed by atoms with Crippen LogP contribution in [0.3, 0.4) is 0 Å². The van der Waals surface area contributed by atoms with E-state index in [0.717, 1.165) is 23.3 Å². The molecule has 0 spiro atoms. The Morgan fingerprint density at radius 2 is 1.67 bits per heavy atom. The highest BCUT2D eigenvalue weighted by atomic mass is 35.5. The fourth-order valence-corrected chi connectivity index (χ4v) is 3.05. The highest BCUT2D eigenvalue weighted by Gasteiger charge is 2.31. The van der Waals surface area contributed by atoms with Gasteiger partial charge in [-0.05, 0) is 42.0 Å². The maximum absolute atomic E-state index is 12.9. The molecule has 27 heavy (non-hydrogen) atoms. The Hall–Kier alpha value is -2.99. The molecule has 0 aliphatic carbocycles. The van der Waals surface area contributed by atoms with E-state index in [2.05, 4.69) is 4.98 Å². The van der Waals surface area contributed by atoms with Crippen LogP contribution >= 0.6 is 11.6 Å². The van der Waals surface area contributed by atoms with Gasteiger partial charge in [0.25, 0.3) is 0 Å². The number of aromatic nitrogens is 1. The molecule has 4 rings (SSSR count). The first-order valence-corrected chi connectivity index (χ1v) is 8.33. The van der Waals surface area contributed by atoms with Gasteiger partial charge in [-0.25, -0.2) is 4.98 Å². The number of oxazole rings is 1. The normalized spacial score (nSPS) is 11.9. The second kappa shape index (κ2) is 6.32. The molecule has 0 radical (unpaired) electrons. The molecule has 0 unspecified atom stereocenters. The maximum Gasteiger partial charge on any atom is 0.416 e. The predicted molar refractivity (Wildman–Crippen MR) is 99.3 cm³/mol. The zero-order chi connectivity index (χ0) is 19.2. The molecule has 136 valence electrons. The van der Waals surface area contributed by atoms with Crippen molar-refractivity contribution in [2.45, 2.75) is 6.18 Å². The summed E-state index contributed by atoms with van der Waals surface area (Å²) in [6.07, 6.45) is -4.43. The van der Waals surface area contributed by atoms with Crippen LogP contribution in [-0.4, -0.2) is 4.98 Å². The summed E-state index contributed by atoms with van der Waals surface area (Å²) in [6.45, 7) is 0. The number of fused-ring (bicyclic) bond motifs is 1. The van der Waals surface area contributed by atoms with Gasteiger partial charge in [-0.15, -0.1) is 0 Å². The summed E-state index contributed by atoms with van der Waals surface area (Å²) < 4.78 is 44.3. The van der Waals surface area contributed by atoms with Gasteiger partial charge in [0.2, 0.25) is 5.89 Å². The van der Waals surface area contributed by atoms with E-state index in [1.165, 1.54) is 6.07 Å². The monoisotopic (exact) mass is 388 g/mol. The van der Waals surface area contributed by atoms with Gasteiger partial charge in [-0.1, -0.05) is 35.9 Å². The molecule has 0 fully saturated rings. The van der Waals surface area contributed by atoms with Crippen molar-refractivity contribution in [1.82, 2.24) is 4.98 Å². The van der Waals surface area contributed by atoms with Crippen LogP contribution in [0.25, 0.3) is 33.7 Å². The highest BCUT2D eigenvalue weighted by molar-refractivity contribution is 6.35. The van der Waals surface area contributed by atoms with E-state index in [1.54, 1.807) is 30.3 Å². The molecule has 0 atom stereocenters. The predicted octanol–water partition coefficient (Wildman–Crippen LogP) is 6.42. The van der Waals surface area contributed by atoms with Crippen LogP contribution in [0.4, 0.5) is 18.9 Å². The molecule has 4 aromatic rings. The first-order chi connectivity index (χ1) is 12.8. The van der Waals surface area contributed by atoms with Crippen LogP contribution in [0, 0.1) is 0 Å². The Morgan fingerprint density at radius 3 is 2.44 bits per heavy atom. The van der Waals surface area contributed by atoms with Crippen molar-refractivity contribution >= 4 is 28.4 Å². The lowest BCUT2D eigenvalue weighted by atomic mass is 10.0. The molecule has 3 aromatic carbocycles. The lowest BCUT2D eigenvalue weighted by Gasteiger charge is -2.07. The van der Waals surface area contributed by atoms with Crippen LogP contribution < -0.4 is 5.73 Å². The third-order valence-electron chi connectivity index (χ3n) is 4.16. The van der Waals surface area contributed by atoms with E-state index < -0.39 is 11.7 Å². The van der Waals surface area contributed by atoms with E-state index in [-0.39, 0.29) is 17.0 Å². The number of nitrogens with two attached hydrogens (primary N) is 1. The summed E-state index contributed by atoms with van der Waals surface area (Å²) in [5.74, 6) is 0.228. The largest absolute Gasteiger partial charge is 0.436 e. The topological polar surface area (TPSA) is 52.0 Å². The van der Waals surface area contributed by atoms with Crippen molar-refractivity contribution in [1.29, 1.82) is 0 Å². The summed E-state index contributed by atoms with van der Waals surface area (Å²) in [4.78, 5) is 4.21. The average molecular weight is 389 g/mol. The number of hydrogen-bond acceptors (Lipinski definition) is 3. The van der Waals surface area contributed by atoms with Gasteiger partial charge in [0.15, 0.2) is 5.58 Å². The second-order valence-corrected chi connectivity index (χ2v) is 6.37. The Kier molecular flexibility index (Phi) is 4.08. The minimum Gasteiger partial charge on any atom is -0.436 e. The van der Waals surface area contributed by atoms with Crippen molar-refractivity contribution in [2.75, 3.05) is 5.73 Å². The van der Waals surface area contributed by atoms with Gasteiger partial charge < -0.3 is 10.2 Å². The number of anilines is 1. The molecule has 1 aromatic heterocycles. The SMILES string of the molecule is Nc1cccc(-c2cccc(-c3nc4cc(C(F)(F)F)ccc4o3)c2)c1Cl. The third-order valence-corrected chi connectivity index (χ3v) is 4.59. The molecule has 0 bridgehead atoms. The molecule has 0 aliphatic heterocycles. The van der Waals surface area contributed by atoms with Gasteiger partial charge in [0, 0.05) is 11.1 Å². The highest BCUT2D eigenvalue weighted by Crippen LogP contribution is 2.36. The van der Waals surface area contributed by atoms with Crippen molar-refractivity contribution in [2.24, 2.45) is 0 Å². The van der Waals surface area contributed by atoms with Crippen LogP contribution in [0.2, 0.25) is 5.02 Å². The van der Waals surface area contributed by atoms with E-state index in [4.69, 9.17) is 21.8 Å². The first-order valence-electron chi connectivity index (χ1n) is 7.95. The molecule has 0 amide bonds. The maximum atomic E-state index is 12.9. The van der Waals surface area contributed by atoms with Crippen LogP contribution in [0.1, 0.15) is 5.56 Å². The minimum atomic E-state index is -4.43. The number of nitrogen functional groups attached to an aromatic ring is 1.